The summed E-state index contributed by atoms with van der Waals surface area (Å²) >= 11 is 0. The highest BCUT2D eigenvalue weighted by Crippen LogP contribution is 2.31. The molecule has 0 fully saturated rings. The molecule has 8 aromatic carbocycles. The first-order valence-corrected chi connectivity index (χ1v) is 19.5. The van der Waals surface area contributed by atoms with Gasteiger partial charge in [-0.25, -0.2) is 20.0 Å². The second-order valence-electron chi connectivity index (χ2n) is 14.4. The standard InChI is InChI=1S/C52H38N6/c1-5-13-38(14-6-1)47-53-48(39-15-7-2-8-16-39)56-51(55-47)42-27-21-35(22-28-42)44-31-25-37-26-32-45(34-46(37)33-44)36-23-29-43(30-24-36)52-57-49(40-17-9-3-10-18-40)54-50(58-52)41-19-11-4-12-20-41/h1-34,47,49H,(H,53,55,56)(H,54,57,58). The lowest BCUT2D eigenvalue weighted by Crippen LogP contribution is -2.33. The molecule has 0 radical (unpaired) electrons. The Morgan fingerprint density at radius 1 is 0.293 bits per heavy atom. The fourth-order valence-corrected chi connectivity index (χ4v) is 7.48. The van der Waals surface area contributed by atoms with Gasteiger partial charge >= 0.3 is 0 Å². The fraction of sp³-hybridized carbons (Fsp3) is 0.0385. The van der Waals surface area contributed by atoms with Gasteiger partial charge in [-0.1, -0.05) is 194 Å². The highest BCUT2D eigenvalue weighted by Gasteiger charge is 2.22. The molecule has 2 N–H and O–H groups in total. The molecule has 2 atom stereocenters. The molecule has 0 bridgehead atoms. The van der Waals surface area contributed by atoms with Crippen molar-refractivity contribution in [2.24, 2.45) is 20.0 Å². The van der Waals surface area contributed by atoms with E-state index in [9.17, 15) is 0 Å². The molecule has 2 aliphatic rings. The van der Waals surface area contributed by atoms with Gasteiger partial charge in [0.15, 0.2) is 11.7 Å². The largest absolute Gasteiger partial charge is 0.344 e. The summed E-state index contributed by atoms with van der Waals surface area (Å²) in [5.41, 5.74) is 10.8. The first-order chi connectivity index (χ1) is 28.7. The maximum Gasteiger partial charge on any atom is 0.159 e. The van der Waals surface area contributed by atoms with E-state index in [1.165, 1.54) is 10.8 Å². The van der Waals surface area contributed by atoms with Gasteiger partial charge in [0.1, 0.15) is 24.0 Å². The van der Waals surface area contributed by atoms with Crippen LogP contribution in [0.1, 0.15) is 45.7 Å². The summed E-state index contributed by atoms with van der Waals surface area (Å²) in [4.78, 5) is 20.0. The summed E-state index contributed by atoms with van der Waals surface area (Å²) in [6.45, 7) is 0. The third kappa shape index (κ3) is 7.22. The van der Waals surface area contributed by atoms with E-state index in [4.69, 9.17) is 20.0 Å². The second kappa shape index (κ2) is 15.4. The van der Waals surface area contributed by atoms with E-state index in [-0.39, 0.29) is 12.3 Å². The molecule has 0 saturated heterocycles. The van der Waals surface area contributed by atoms with Crippen LogP contribution in [0, 0.1) is 0 Å². The van der Waals surface area contributed by atoms with Gasteiger partial charge in [-0.15, -0.1) is 0 Å². The van der Waals surface area contributed by atoms with E-state index in [0.717, 1.165) is 73.1 Å². The average Bonchev–Trinajstić information content (AvgIpc) is 3.32. The average molecular weight is 747 g/mol. The topological polar surface area (TPSA) is 73.5 Å². The lowest BCUT2D eigenvalue weighted by atomic mass is 9.96. The van der Waals surface area contributed by atoms with E-state index < -0.39 is 0 Å². The molecule has 2 heterocycles. The Hall–Kier alpha value is -7.70. The molecule has 2 unspecified atom stereocenters. The van der Waals surface area contributed by atoms with Gasteiger partial charge < -0.3 is 10.6 Å². The van der Waals surface area contributed by atoms with Gasteiger partial charge in [-0.3, -0.25) is 0 Å². The number of nitrogens with one attached hydrogen (secondary N) is 2. The number of hydrogen-bond acceptors (Lipinski definition) is 6. The summed E-state index contributed by atoms with van der Waals surface area (Å²) < 4.78 is 0. The van der Waals surface area contributed by atoms with Crippen LogP contribution in [0.15, 0.2) is 226 Å². The molecule has 8 aromatic rings. The zero-order valence-electron chi connectivity index (χ0n) is 31.6. The SMILES string of the molecule is c1ccc(C2=NC(c3ccccc3)NC(c3ccc(-c4ccc5ccc(-c6ccc(C7=NC(c8ccccc8)NC(c8ccccc8)=N7)cc6)cc5c4)cc3)=N2)cc1. The van der Waals surface area contributed by atoms with Crippen LogP contribution in [0.3, 0.4) is 0 Å². The molecule has 0 aliphatic carbocycles. The normalized spacial score (nSPS) is 16.3. The van der Waals surface area contributed by atoms with Crippen LogP contribution in [-0.2, 0) is 0 Å². The number of benzene rings is 8. The Bertz CT molecular complexity index is 2850. The predicted octanol–water partition coefficient (Wildman–Crippen LogP) is 11.2. The summed E-state index contributed by atoms with van der Waals surface area (Å²) in [6.07, 6.45) is -0.470. The van der Waals surface area contributed by atoms with E-state index in [1.807, 2.05) is 72.8 Å². The van der Waals surface area contributed by atoms with Gasteiger partial charge in [0.2, 0.25) is 0 Å². The maximum atomic E-state index is 5.05. The van der Waals surface area contributed by atoms with Crippen LogP contribution in [-0.4, -0.2) is 23.3 Å². The zero-order chi connectivity index (χ0) is 38.7. The number of rotatable bonds is 8. The van der Waals surface area contributed by atoms with Crippen molar-refractivity contribution in [3.8, 4) is 22.3 Å². The van der Waals surface area contributed by atoms with Crippen molar-refractivity contribution in [3.63, 3.8) is 0 Å². The summed E-state index contributed by atoms with van der Waals surface area (Å²) in [5, 5.41) is 9.49. The van der Waals surface area contributed by atoms with Crippen molar-refractivity contribution in [1.82, 2.24) is 10.6 Å². The van der Waals surface area contributed by atoms with Crippen LogP contribution in [0.25, 0.3) is 33.0 Å². The minimum absolute atomic E-state index is 0.235. The fourth-order valence-electron chi connectivity index (χ4n) is 7.48. The van der Waals surface area contributed by atoms with Gasteiger partial charge in [-0.05, 0) is 56.3 Å². The van der Waals surface area contributed by atoms with E-state index in [2.05, 4.69) is 144 Å². The van der Waals surface area contributed by atoms with Crippen molar-refractivity contribution in [2.75, 3.05) is 0 Å². The van der Waals surface area contributed by atoms with Crippen LogP contribution >= 0.6 is 0 Å². The summed E-state index contributed by atoms with van der Waals surface area (Å²) in [6, 6.07) is 71.5. The number of nitrogens with zero attached hydrogens (tertiary/aromatic N) is 4. The monoisotopic (exact) mass is 746 g/mol. The van der Waals surface area contributed by atoms with Crippen molar-refractivity contribution in [1.29, 1.82) is 0 Å². The minimum atomic E-state index is -0.235. The lowest BCUT2D eigenvalue weighted by Gasteiger charge is -2.23. The molecule has 58 heavy (non-hydrogen) atoms. The Balaban J connectivity index is 0.912. The summed E-state index contributed by atoms with van der Waals surface area (Å²) in [5.74, 6) is 3.04. The predicted molar refractivity (Wildman–Crippen MR) is 238 cm³/mol. The molecule has 0 aromatic heterocycles. The van der Waals surface area contributed by atoms with E-state index >= 15 is 0 Å². The Morgan fingerprint density at radius 3 is 1.10 bits per heavy atom. The molecule has 10 rings (SSSR count). The van der Waals surface area contributed by atoms with Crippen molar-refractivity contribution in [3.05, 3.63) is 240 Å². The Labute approximate surface area is 337 Å². The first kappa shape index (κ1) is 34.8. The number of hydrogen-bond donors (Lipinski definition) is 2. The minimum Gasteiger partial charge on any atom is -0.344 e. The number of fused-ring (bicyclic) bond motifs is 1. The molecule has 6 heteroatoms. The molecule has 6 nitrogen and oxygen atoms in total. The quantitative estimate of drug-likeness (QED) is 0.162. The highest BCUT2D eigenvalue weighted by molar-refractivity contribution is 6.14. The van der Waals surface area contributed by atoms with Crippen LogP contribution in [0.4, 0.5) is 0 Å². The third-order valence-electron chi connectivity index (χ3n) is 10.6. The molecular weight excluding hydrogens is 709 g/mol. The molecule has 0 spiro atoms. The second-order valence-corrected chi connectivity index (χ2v) is 14.4. The maximum absolute atomic E-state index is 5.05. The number of aliphatic imine (C=N–C) groups is 4. The van der Waals surface area contributed by atoms with Gasteiger partial charge in [0, 0.05) is 22.3 Å². The van der Waals surface area contributed by atoms with Gasteiger partial charge in [0.05, 0.1) is 0 Å². The third-order valence-corrected chi connectivity index (χ3v) is 10.6. The van der Waals surface area contributed by atoms with Gasteiger partial charge in [-0.2, -0.15) is 0 Å². The Kier molecular flexibility index (Phi) is 9.26. The molecule has 0 saturated carbocycles. The van der Waals surface area contributed by atoms with Crippen LogP contribution < -0.4 is 10.6 Å². The van der Waals surface area contributed by atoms with E-state index in [1.54, 1.807) is 0 Å². The molecule has 0 amide bonds. The molecule has 2 aliphatic heterocycles. The van der Waals surface area contributed by atoms with Gasteiger partial charge in [0.25, 0.3) is 0 Å². The van der Waals surface area contributed by atoms with Crippen LogP contribution in [0.2, 0.25) is 0 Å². The van der Waals surface area contributed by atoms with Crippen molar-refractivity contribution < 1.29 is 0 Å². The first-order valence-electron chi connectivity index (χ1n) is 19.5. The van der Waals surface area contributed by atoms with Crippen molar-refractivity contribution in [2.45, 2.75) is 12.3 Å². The van der Waals surface area contributed by atoms with Crippen LogP contribution in [0.5, 0.6) is 0 Å². The number of amidine groups is 4. The lowest BCUT2D eigenvalue weighted by molar-refractivity contribution is 0.674. The molecular formula is C52H38N6. The summed E-state index contributed by atoms with van der Waals surface area (Å²) in [7, 11) is 0. The highest BCUT2D eigenvalue weighted by atomic mass is 15.2. The zero-order valence-corrected chi connectivity index (χ0v) is 31.6. The molecule has 276 valence electrons. The van der Waals surface area contributed by atoms with Crippen molar-refractivity contribution >= 4 is 34.1 Å². The smallest absolute Gasteiger partial charge is 0.159 e. The van der Waals surface area contributed by atoms with E-state index in [0.29, 0.717) is 5.84 Å². The Morgan fingerprint density at radius 2 is 0.638 bits per heavy atom.